The van der Waals surface area contributed by atoms with Gasteiger partial charge in [-0.2, -0.15) is 0 Å². The Kier molecular flexibility index (Phi) is 12.3. The number of carbonyl (C=O) groups excluding carboxylic acids is 2. The Morgan fingerprint density at radius 3 is 2.04 bits per heavy atom. The molecule has 1 atom stereocenters. The Hall–Kier alpha value is -6.85. The molecule has 2 amide bonds. The van der Waals surface area contributed by atoms with Crippen molar-refractivity contribution >= 4 is 23.7 Å². The van der Waals surface area contributed by atoms with Crippen LogP contribution in [0.15, 0.2) is 71.4 Å². The minimum absolute atomic E-state index is 0.107. The number of aryl methyl sites for hydroxylation is 2. The summed E-state index contributed by atoms with van der Waals surface area (Å²) in [5, 5.41) is 20.9. The summed E-state index contributed by atoms with van der Waals surface area (Å²) in [6, 6.07) is 11.7. The molecule has 16 nitrogen and oxygen atoms in total. The van der Waals surface area contributed by atoms with Crippen LogP contribution in [0.2, 0.25) is 0 Å². The third kappa shape index (κ3) is 9.90. The number of nitrogens with zero attached hydrogens (tertiary/aromatic N) is 7. The minimum atomic E-state index is -0.470. The lowest BCUT2D eigenvalue weighted by atomic mass is 10.1. The van der Waals surface area contributed by atoms with Crippen LogP contribution in [0.25, 0.3) is 0 Å². The Bertz CT molecular complexity index is 2150. The van der Waals surface area contributed by atoms with Crippen molar-refractivity contribution in [2.45, 2.75) is 39.5 Å². The second kappa shape index (κ2) is 17.4. The number of amides is 2. The third-order valence-corrected chi connectivity index (χ3v) is 7.52. The number of rotatable bonds is 11. The van der Waals surface area contributed by atoms with E-state index in [0.29, 0.717) is 46.3 Å². The summed E-state index contributed by atoms with van der Waals surface area (Å²) in [5.41, 5.74) is 4.00. The monoisotopic (exact) mass is 728 g/mol. The number of imidazole rings is 1. The fraction of sp³-hybridized carbons (Fsp3) is 0.229. The van der Waals surface area contributed by atoms with Gasteiger partial charge >= 0.3 is 0 Å². The van der Waals surface area contributed by atoms with E-state index in [0.717, 1.165) is 11.9 Å². The maximum atomic E-state index is 13.5. The van der Waals surface area contributed by atoms with Gasteiger partial charge in [0, 0.05) is 19.5 Å². The molecule has 5 aromatic rings. The van der Waals surface area contributed by atoms with E-state index in [4.69, 9.17) is 19.5 Å². The van der Waals surface area contributed by atoms with E-state index in [-0.39, 0.29) is 48.0 Å². The van der Waals surface area contributed by atoms with Crippen LogP contribution >= 0.6 is 0 Å². The number of aromatic amines is 1. The van der Waals surface area contributed by atoms with Gasteiger partial charge in [-0.3, -0.25) is 9.59 Å². The Labute approximate surface area is 301 Å². The van der Waals surface area contributed by atoms with Gasteiger partial charge in [-0.25, -0.2) is 33.7 Å². The first-order valence-corrected chi connectivity index (χ1v) is 15.9. The first kappa shape index (κ1) is 37.4. The van der Waals surface area contributed by atoms with Crippen molar-refractivity contribution in [2.75, 3.05) is 14.2 Å². The van der Waals surface area contributed by atoms with Crippen molar-refractivity contribution in [3.8, 4) is 11.5 Å². The molecule has 6 rings (SSSR count). The average molecular weight is 729 g/mol. The molecule has 4 heterocycles. The van der Waals surface area contributed by atoms with Gasteiger partial charge in [-0.05, 0) is 61.4 Å². The fourth-order valence-electron chi connectivity index (χ4n) is 4.98. The molecule has 53 heavy (non-hydrogen) atoms. The maximum Gasteiger partial charge on any atom is 0.270 e. The number of aromatic nitrogens is 6. The second-order valence-corrected chi connectivity index (χ2v) is 11.3. The molecule has 0 aliphatic carbocycles. The molecular weight excluding hydrogens is 694 g/mol. The number of H-pyrrole nitrogens is 1. The Morgan fingerprint density at radius 1 is 0.906 bits per heavy atom. The van der Waals surface area contributed by atoms with Gasteiger partial charge in [-0.15, -0.1) is 0 Å². The minimum Gasteiger partial charge on any atom is -0.494 e. The smallest absolute Gasteiger partial charge is 0.270 e. The number of hydrogen-bond donors (Lipinski definition) is 4. The summed E-state index contributed by atoms with van der Waals surface area (Å²) in [5.74, 6) is -0.700. The Balaban J connectivity index is 0.000000212. The topological polar surface area (TPSA) is 211 Å². The van der Waals surface area contributed by atoms with Crippen molar-refractivity contribution in [2.24, 2.45) is 10.3 Å². The predicted octanol–water partition coefficient (Wildman–Crippen LogP) is 4.12. The summed E-state index contributed by atoms with van der Waals surface area (Å²) < 4.78 is 36.7. The number of oxime groups is 2. The van der Waals surface area contributed by atoms with Crippen LogP contribution in [0.1, 0.15) is 73.4 Å². The van der Waals surface area contributed by atoms with E-state index < -0.39 is 17.5 Å². The summed E-state index contributed by atoms with van der Waals surface area (Å²) in [4.78, 5) is 53.8. The lowest BCUT2D eigenvalue weighted by Crippen LogP contribution is -2.25. The quantitative estimate of drug-likeness (QED) is 0.0863. The summed E-state index contributed by atoms with van der Waals surface area (Å²) in [7, 11) is 2.76. The van der Waals surface area contributed by atoms with Crippen molar-refractivity contribution in [3.05, 3.63) is 124 Å². The van der Waals surface area contributed by atoms with Gasteiger partial charge in [0.1, 0.15) is 28.7 Å². The zero-order valence-electron chi connectivity index (χ0n) is 28.9. The number of methoxy groups -OCH3 is 2. The van der Waals surface area contributed by atoms with E-state index in [1.807, 2.05) is 0 Å². The third-order valence-electron chi connectivity index (χ3n) is 7.52. The number of benzene rings is 2. The summed E-state index contributed by atoms with van der Waals surface area (Å²) in [6.07, 6.45) is 4.58. The molecule has 18 heteroatoms. The van der Waals surface area contributed by atoms with Crippen LogP contribution in [-0.2, 0) is 17.9 Å². The van der Waals surface area contributed by atoms with Crippen LogP contribution in [-0.4, -0.2) is 73.1 Å². The number of hydrogen-bond acceptors (Lipinski definition) is 13. The second-order valence-electron chi connectivity index (χ2n) is 11.3. The molecule has 1 aliphatic rings. The normalized spacial score (nSPS) is 13.4. The van der Waals surface area contributed by atoms with Gasteiger partial charge in [0.25, 0.3) is 11.8 Å². The van der Waals surface area contributed by atoms with Crippen LogP contribution < -0.4 is 20.1 Å². The fourth-order valence-corrected chi connectivity index (χ4v) is 4.98. The molecule has 0 fully saturated rings. The lowest BCUT2D eigenvalue weighted by Gasteiger charge is -2.09. The molecule has 3 aromatic heterocycles. The Morgan fingerprint density at radius 2 is 1.49 bits per heavy atom. The van der Waals surface area contributed by atoms with Crippen LogP contribution in [0.3, 0.4) is 0 Å². The van der Waals surface area contributed by atoms with Crippen molar-refractivity contribution < 1.29 is 37.9 Å². The average Bonchev–Trinajstić information content (AvgIpc) is 3.87. The van der Waals surface area contributed by atoms with E-state index in [9.17, 15) is 18.4 Å². The maximum absolute atomic E-state index is 13.5. The number of ether oxygens (including phenoxy) is 2. The molecule has 2 aromatic carbocycles. The first-order valence-electron chi connectivity index (χ1n) is 15.9. The standard InChI is InChI=1S/C20H19FN6O3.C15H15FN4O3/c1-11-25-14(15-7-19(30-27-15)17-9-22-10-24-17)6-16(26-11)20(28)23-8-12-3-4-13(21)18(5-12)29-2;1-9-19-11(8-18-22)6-13(20-9)15(21)17-7-10-3-4-12(16)14(5-10)23-2/h3-6,9-10,19H,7-8H2,1-2H3,(H,22,24)(H,23,28);3-6,8,22H,7H2,1-2H3,(H,17,21)/b;18-8+. The number of carbonyl (C=O) groups is 2. The predicted molar refractivity (Wildman–Crippen MR) is 185 cm³/mol. The molecule has 0 bridgehead atoms. The van der Waals surface area contributed by atoms with Crippen molar-refractivity contribution in [1.82, 2.24) is 40.5 Å². The van der Waals surface area contributed by atoms with Crippen LogP contribution in [0.4, 0.5) is 8.78 Å². The SMILES string of the molecule is COc1cc(CNC(=O)c2cc(/C=N/O)nc(C)n2)ccc1F.COc1cc(CNC(=O)c2cc(C3=NOC(c4cnc[nH]4)C3)nc(C)n2)ccc1F. The highest BCUT2D eigenvalue weighted by Gasteiger charge is 2.27. The van der Waals surface area contributed by atoms with Gasteiger partial charge in [0.2, 0.25) is 0 Å². The molecule has 0 spiro atoms. The number of halogens is 2. The van der Waals surface area contributed by atoms with E-state index in [2.05, 4.69) is 50.8 Å². The van der Waals surface area contributed by atoms with E-state index >= 15 is 0 Å². The first-order chi connectivity index (χ1) is 25.6. The molecule has 1 unspecified atom stereocenters. The molecule has 0 saturated heterocycles. The highest BCUT2D eigenvalue weighted by molar-refractivity contribution is 6.02. The molecule has 0 saturated carbocycles. The van der Waals surface area contributed by atoms with Gasteiger partial charge in [0.15, 0.2) is 29.2 Å². The molecule has 0 radical (unpaired) electrons. The van der Waals surface area contributed by atoms with Crippen molar-refractivity contribution in [1.29, 1.82) is 0 Å². The van der Waals surface area contributed by atoms with E-state index in [1.54, 1.807) is 44.6 Å². The van der Waals surface area contributed by atoms with Crippen LogP contribution in [0, 0.1) is 25.5 Å². The van der Waals surface area contributed by atoms with Crippen LogP contribution in [0.5, 0.6) is 11.5 Å². The zero-order chi connectivity index (χ0) is 37.9. The lowest BCUT2D eigenvalue weighted by molar-refractivity contribution is 0.0829. The van der Waals surface area contributed by atoms with Gasteiger partial charge in [-0.1, -0.05) is 22.4 Å². The molecule has 4 N–H and O–H groups in total. The molecule has 274 valence electrons. The molecular formula is C35H34F2N10O6. The van der Waals surface area contributed by atoms with Gasteiger partial charge in [0.05, 0.1) is 50.0 Å². The largest absolute Gasteiger partial charge is 0.494 e. The zero-order valence-corrected chi connectivity index (χ0v) is 28.9. The number of nitrogens with one attached hydrogen (secondary N) is 3. The highest BCUT2D eigenvalue weighted by atomic mass is 19.1. The van der Waals surface area contributed by atoms with Crippen molar-refractivity contribution in [3.63, 3.8) is 0 Å². The summed E-state index contributed by atoms with van der Waals surface area (Å²) >= 11 is 0. The molecule has 1 aliphatic heterocycles. The van der Waals surface area contributed by atoms with E-state index in [1.165, 1.54) is 44.6 Å². The van der Waals surface area contributed by atoms with Gasteiger partial charge < -0.3 is 35.1 Å². The highest BCUT2D eigenvalue weighted by Crippen LogP contribution is 2.27. The summed E-state index contributed by atoms with van der Waals surface area (Å²) in [6.45, 7) is 3.70.